The first kappa shape index (κ1) is 65.3. The van der Waals surface area contributed by atoms with Gasteiger partial charge in [-0.3, -0.25) is 46.0 Å². The second-order valence-corrected chi connectivity index (χ2v) is 24.6. The van der Waals surface area contributed by atoms with Crippen LogP contribution in [0.1, 0.15) is 22.3 Å². The van der Waals surface area contributed by atoms with Crippen molar-refractivity contribution < 1.29 is 156 Å². The van der Waals surface area contributed by atoms with Crippen molar-refractivity contribution in [2.75, 3.05) is 0 Å². The molecule has 0 bridgehead atoms. The van der Waals surface area contributed by atoms with E-state index >= 15 is 0 Å². The average molecular weight is 1380 g/mol. The minimum Gasteiger partial charge on any atom is -0.488 e. The molecule has 0 amide bonds. The lowest BCUT2D eigenvalue weighted by Gasteiger charge is -2.17. The van der Waals surface area contributed by atoms with E-state index in [1.807, 2.05) is 0 Å². The Kier molecular flexibility index (Phi) is 17.7. The van der Waals surface area contributed by atoms with Gasteiger partial charge in [-0.15, -0.1) is 0 Å². The van der Waals surface area contributed by atoms with Crippen LogP contribution in [0.3, 0.4) is 0 Å². The van der Waals surface area contributed by atoms with E-state index in [1.165, 1.54) is 26.0 Å². The number of fused-ring (bicyclic) bond motifs is 2. The molecule has 5 aromatic carbocycles. The van der Waals surface area contributed by atoms with Gasteiger partial charge in [0.2, 0.25) is 22.4 Å². The molecule has 0 aliphatic rings. The normalized spacial score (nSPS) is 12.8. The van der Waals surface area contributed by atoms with Gasteiger partial charge in [-0.25, -0.2) is 0 Å². The molecule has 0 saturated carbocycles. The standard InChI is InChI=1S/C40H30O38S8/c1-17-7-22(16-68-30-12-24(72-80(46,47)48)14-32-34(30)36(42)40(78-86(64,65)66)38(70-32)20-4-6-26(74-82(52,53)54)28(10-20)76-84(58,59)60)18(2)8-21(17)15-67-29-11-23(71-79(43,44)45)13-31-33(29)35(41)39(77-85(61,62)63)37(69-31)19-3-5-25(73-81(49,50)51)27(9-19)75-83(55,56)57/h3-14H,15-16H2,1-2H3,(H,43,44,45)(H,46,47,48)(H,49,50,51)(H,52,53,54)(H,55,56,57)(H,58,59,60)(H,61,62,63)(H,64,65,66). The highest BCUT2D eigenvalue weighted by Crippen LogP contribution is 2.43. The van der Waals surface area contributed by atoms with Crippen molar-refractivity contribution in [2.45, 2.75) is 27.1 Å². The maximum absolute atomic E-state index is 14.3. The van der Waals surface area contributed by atoms with Crippen LogP contribution >= 0.6 is 0 Å². The van der Waals surface area contributed by atoms with E-state index in [1.54, 1.807) is 0 Å². The minimum atomic E-state index is -5.76. The van der Waals surface area contributed by atoms with E-state index in [9.17, 15) is 104 Å². The Morgan fingerprint density at radius 1 is 0.349 bits per heavy atom. The minimum absolute atomic E-state index is 0.159. The second-order valence-electron chi connectivity index (χ2n) is 16.5. The van der Waals surface area contributed by atoms with Crippen molar-refractivity contribution in [1.82, 2.24) is 0 Å². The Morgan fingerprint density at radius 3 is 0.930 bits per heavy atom. The largest absolute Gasteiger partial charge is 0.488 e. The molecular formula is C40H30O38S8. The van der Waals surface area contributed by atoms with Crippen molar-refractivity contribution in [3.05, 3.63) is 115 Å². The van der Waals surface area contributed by atoms with Crippen LogP contribution in [-0.2, 0) is 96.4 Å². The third-order valence-corrected chi connectivity index (χ3v) is 13.4. The molecule has 466 valence electrons. The monoisotopic (exact) mass is 1370 g/mol. The SMILES string of the molecule is Cc1cc(COc2cc(OS(=O)(=O)O)cc3oc(-c4ccc(OS(=O)(=O)O)c(OS(=O)(=O)O)c4)c(OS(=O)(=O)O)c(=O)c23)c(C)cc1COc1cc(OS(=O)(=O)O)cc2oc(-c3ccc(OS(=O)(=O)O)c(OS(=O)(=O)O)c3)c(OS(=O)(=O)O)c(=O)c12. The van der Waals surface area contributed by atoms with Crippen LogP contribution in [0.4, 0.5) is 0 Å². The summed E-state index contributed by atoms with van der Waals surface area (Å²) >= 11 is 0. The Labute approximate surface area is 480 Å². The molecule has 2 aromatic heterocycles. The summed E-state index contributed by atoms with van der Waals surface area (Å²) in [6, 6.07) is 8.28. The van der Waals surface area contributed by atoms with E-state index < -0.39 is 209 Å². The van der Waals surface area contributed by atoms with Gasteiger partial charge < -0.3 is 51.8 Å². The van der Waals surface area contributed by atoms with E-state index in [2.05, 4.69) is 33.5 Å². The van der Waals surface area contributed by atoms with Crippen molar-refractivity contribution in [2.24, 2.45) is 0 Å². The van der Waals surface area contributed by atoms with Gasteiger partial charge in [0.1, 0.15) is 46.7 Å². The highest BCUT2D eigenvalue weighted by Gasteiger charge is 2.31. The molecule has 0 aliphatic heterocycles. The molecule has 0 atom stereocenters. The first-order chi connectivity index (χ1) is 39.2. The van der Waals surface area contributed by atoms with Crippen LogP contribution in [0, 0.1) is 13.8 Å². The molecule has 0 fully saturated rings. The van der Waals surface area contributed by atoms with Gasteiger partial charge in [0.05, 0.1) is 0 Å². The molecule has 0 saturated heterocycles. The highest BCUT2D eigenvalue weighted by molar-refractivity contribution is 7.83. The quantitative estimate of drug-likeness (QED) is 0.0403. The van der Waals surface area contributed by atoms with Crippen LogP contribution in [0.2, 0.25) is 0 Å². The lowest BCUT2D eigenvalue weighted by Crippen LogP contribution is -2.17. The number of aryl methyl sites for hydroxylation is 2. The molecular weight excluding hydrogens is 1340 g/mol. The fraction of sp³-hybridized carbons (Fsp3) is 0.100. The summed E-state index contributed by atoms with van der Waals surface area (Å²) in [5.74, 6) is -13.7. The van der Waals surface area contributed by atoms with Gasteiger partial charge in [0.25, 0.3) is 0 Å². The molecule has 7 rings (SSSR count). The zero-order valence-electron chi connectivity index (χ0n) is 41.4. The molecule has 0 radical (unpaired) electrons. The Bertz CT molecular complexity index is 4740. The van der Waals surface area contributed by atoms with Crippen molar-refractivity contribution in [3.8, 4) is 80.1 Å². The molecule has 86 heavy (non-hydrogen) atoms. The van der Waals surface area contributed by atoms with E-state index in [0.29, 0.717) is 60.7 Å². The summed E-state index contributed by atoms with van der Waals surface area (Å²) in [4.78, 5) is 28.5. The van der Waals surface area contributed by atoms with Crippen LogP contribution in [-0.4, -0.2) is 104 Å². The van der Waals surface area contributed by atoms with Gasteiger partial charge in [0, 0.05) is 35.4 Å². The molecule has 8 N–H and O–H groups in total. The van der Waals surface area contributed by atoms with Gasteiger partial charge in [-0.1, -0.05) is 12.1 Å². The molecule has 0 unspecified atom stereocenters. The van der Waals surface area contributed by atoms with Gasteiger partial charge >= 0.3 is 83.2 Å². The smallest absolute Gasteiger partial charge is 0.446 e. The molecule has 2 heterocycles. The fourth-order valence-electron chi connectivity index (χ4n) is 7.37. The van der Waals surface area contributed by atoms with E-state index in [-0.39, 0.29) is 22.3 Å². The Balaban J connectivity index is 1.31. The maximum Gasteiger partial charge on any atom is 0.446 e. The molecule has 0 spiro atoms. The second kappa shape index (κ2) is 23.2. The van der Waals surface area contributed by atoms with Crippen molar-refractivity contribution in [1.29, 1.82) is 0 Å². The van der Waals surface area contributed by atoms with E-state index in [0.717, 1.165) is 0 Å². The number of benzene rings is 5. The lowest BCUT2D eigenvalue weighted by molar-refractivity contribution is 0.303. The average Bonchev–Trinajstić information content (AvgIpc) is 0.796. The third-order valence-electron chi connectivity index (χ3n) is 10.3. The predicted octanol–water partition coefficient (Wildman–Crippen LogP) is 2.46. The van der Waals surface area contributed by atoms with Gasteiger partial charge in [-0.05, 0) is 72.5 Å². The first-order valence-corrected chi connectivity index (χ1v) is 32.4. The van der Waals surface area contributed by atoms with Crippen molar-refractivity contribution >= 4 is 105 Å². The zero-order valence-corrected chi connectivity index (χ0v) is 48.0. The summed E-state index contributed by atoms with van der Waals surface area (Å²) in [6.45, 7) is 1.47. The molecule has 38 nitrogen and oxygen atoms in total. The summed E-state index contributed by atoms with van der Waals surface area (Å²) in [5.41, 5.74) is -5.70. The number of ether oxygens (including phenoxy) is 2. The molecule has 46 heteroatoms. The van der Waals surface area contributed by atoms with Gasteiger partial charge in [0.15, 0.2) is 46.0 Å². The van der Waals surface area contributed by atoms with Crippen LogP contribution < -0.4 is 53.8 Å². The summed E-state index contributed by atoms with van der Waals surface area (Å²) in [7, 11) is -44.6. The van der Waals surface area contributed by atoms with E-state index in [4.69, 9.17) is 27.4 Å². The third kappa shape index (κ3) is 17.5. The zero-order chi connectivity index (χ0) is 64.2. The Morgan fingerprint density at radius 2 is 0.640 bits per heavy atom. The summed E-state index contributed by atoms with van der Waals surface area (Å²) in [5, 5.41) is -1.74. The molecule has 0 aliphatic carbocycles. The van der Waals surface area contributed by atoms with Crippen LogP contribution in [0.5, 0.6) is 57.5 Å². The number of rotatable bonds is 24. The predicted molar refractivity (Wildman–Crippen MR) is 278 cm³/mol. The summed E-state index contributed by atoms with van der Waals surface area (Å²) < 4.78 is 322. The number of hydrogen-bond donors (Lipinski definition) is 8. The lowest BCUT2D eigenvalue weighted by atomic mass is 10.0. The van der Waals surface area contributed by atoms with Crippen LogP contribution in [0.15, 0.2) is 91.2 Å². The Hall–Kier alpha value is -8.20. The summed E-state index contributed by atoms with van der Waals surface area (Å²) in [6.07, 6.45) is 0. The number of hydrogen-bond acceptors (Lipinski definition) is 30. The topological polar surface area (TPSA) is 588 Å². The fourth-order valence-corrected chi connectivity index (χ4v) is 10.2. The van der Waals surface area contributed by atoms with Gasteiger partial charge in [-0.2, -0.15) is 67.3 Å². The molecule has 7 aromatic rings. The first-order valence-electron chi connectivity index (χ1n) is 21.5. The van der Waals surface area contributed by atoms with Crippen molar-refractivity contribution in [3.63, 3.8) is 0 Å². The highest BCUT2D eigenvalue weighted by atomic mass is 32.3. The van der Waals surface area contributed by atoms with Crippen LogP contribution in [0.25, 0.3) is 44.6 Å². The maximum atomic E-state index is 14.3.